The van der Waals surface area contributed by atoms with Crippen LogP contribution in [-0.4, -0.2) is 44.8 Å². The second kappa shape index (κ2) is 8.40. The maximum absolute atomic E-state index is 5.22. The van der Waals surface area contributed by atoms with Crippen LogP contribution in [0.25, 0.3) is 0 Å². The van der Waals surface area contributed by atoms with Gasteiger partial charge in [0.15, 0.2) is 0 Å². The van der Waals surface area contributed by atoms with Crippen LogP contribution in [0.2, 0.25) is 0 Å². The van der Waals surface area contributed by atoms with Crippen LogP contribution in [-0.2, 0) is 4.74 Å². The molecule has 0 bridgehead atoms. The molecule has 0 saturated heterocycles. The van der Waals surface area contributed by atoms with Gasteiger partial charge in [0.2, 0.25) is 0 Å². The Morgan fingerprint density at radius 1 is 1.25 bits per heavy atom. The zero-order valence-corrected chi connectivity index (χ0v) is 13.9. The number of likely N-dealkylation sites (N-methyl/N-ethyl adjacent to an activating group) is 1. The molecule has 1 rings (SSSR count). The Labute approximate surface area is 124 Å². The molecule has 1 atom stereocenters. The highest BCUT2D eigenvalue weighted by molar-refractivity contribution is 5.33. The second-order valence-electron chi connectivity index (χ2n) is 5.78. The summed E-state index contributed by atoms with van der Waals surface area (Å²) < 4.78 is 5.22. The van der Waals surface area contributed by atoms with Gasteiger partial charge < -0.3 is 10.1 Å². The van der Waals surface area contributed by atoms with Crippen LogP contribution in [0.1, 0.15) is 36.6 Å². The minimum absolute atomic E-state index is 0.356. The van der Waals surface area contributed by atoms with E-state index in [9.17, 15) is 0 Å². The van der Waals surface area contributed by atoms with Gasteiger partial charge in [-0.05, 0) is 45.9 Å². The number of rotatable bonds is 8. The lowest BCUT2D eigenvalue weighted by Gasteiger charge is -2.31. The summed E-state index contributed by atoms with van der Waals surface area (Å²) in [5.74, 6) is 0. The first-order valence-corrected chi connectivity index (χ1v) is 7.47. The van der Waals surface area contributed by atoms with Crippen LogP contribution in [0.15, 0.2) is 18.2 Å². The molecule has 0 heterocycles. The molecule has 0 saturated carbocycles. The van der Waals surface area contributed by atoms with E-state index in [1.807, 2.05) is 7.05 Å². The van der Waals surface area contributed by atoms with Gasteiger partial charge in [0.25, 0.3) is 0 Å². The predicted octanol–water partition coefficient (Wildman–Crippen LogP) is 2.92. The SMILES string of the molecule is CNC(CN(CCOC)C(C)C)c1ccc(C)cc1C. The maximum atomic E-state index is 5.22. The lowest BCUT2D eigenvalue weighted by Crippen LogP contribution is -2.40. The fraction of sp³-hybridized carbons (Fsp3) is 0.647. The third-order valence-corrected chi connectivity index (χ3v) is 3.88. The van der Waals surface area contributed by atoms with Gasteiger partial charge in [-0.1, -0.05) is 23.8 Å². The molecule has 1 N–H and O–H groups in total. The molecule has 0 aliphatic rings. The van der Waals surface area contributed by atoms with Gasteiger partial charge in [0.05, 0.1) is 6.61 Å². The zero-order chi connectivity index (χ0) is 15.1. The van der Waals surface area contributed by atoms with Crippen molar-refractivity contribution in [1.29, 1.82) is 0 Å². The summed E-state index contributed by atoms with van der Waals surface area (Å²) in [6, 6.07) is 7.58. The number of methoxy groups -OCH3 is 1. The molecule has 0 fully saturated rings. The van der Waals surface area contributed by atoms with Crippen molar-refractivity contribution in [2.45, 2.75) is 39.8 Å². The third kappa shape index (κ3) is 4.89. The number of aryl methyl sites for hydroxylation is 2. The standard InChI is InChI=1S/C17H30N2O/c1-13(2)19(9-10-20-6)12-17(18-5)16-8-7-14(3)11-15(16)4/h7-8,11,13,17-18H,9-10,12H2,1-6H3. The van der Waals surface area contributed by atoms with Gasteiger partial charge in [0.1, 0.15) is 0 Å². The zero-order valence-electron chi connectivity index (χ0n) is 13.9. The summed E-state index contributed by atoms with van der Waals surface area (Å²) in [6.45, 7) is 11.6. The molecular formula is C17H30N2O. The van der Waals surface area contributed by atoms with Crippen molar-refractivity contribution in [3.8, 4) is 0 Å². The molecule has 1 unspecified atom stereocenters. The molecular weight excluding hydrogens is 248 g/mol. The summed E-state index contributed by atoms with van der Waals surface area (Å²) in [7, 11) is 3.80. The van der Waals surface area contributed by atoms with Crippen molar-refractivity contribution in [1.82, 2.24) is 10.2 Å². The van der Waals surface area contributed by atoms with E-state index in [1.54, 1.807) is 7.11 Å². The monoisotopic (exact) mass is 278 g/mol. The van der Waals surface area contributed by atoms with Crippen LogP contribution in [0.5, 0.6) is 0 Å². The summed E-state index contributed by atoms with van der Waals surface area (Å²) >= 11 is 0. The molecule has 0 aliphatic carbocycles. The van der Waals surface area contributed by atoms with Crippen molar-refractivity contribution >= 4 is 0 Å². The highest BCUT2D eigenvalue weighted by Crippen LogP contribution is 2.20. The van der Waals surface area contributed by atoms with Crippen LogP contribution in [0.4, 0.5) is 0 Å². The molecule has 20 heavy (non-hydrogen) atoms. The number of ether oxygens (including phenoxy) is 1. The Morgan fingerprint density at radius 3 is 2.45 bits per heavy atom. The molecule has 0 amide bonds. The summed E-state index contributed by atoms with van der Waals surface area (Å²) in [5, 5.41) is 3.46. The molecule has 0 radical (unpaired) electrons. The lowest BCUT2D eigenvalue weighted by atomic mass is 9.98. The maximum Gasteiger partial charge on any atom is 0.0589 e. The van der Waals surface area contributed by atoms with Crippen molar-refractivity contribution in [2.24, 2.45) is 0 Å². The second-order valence-corrected chi connectivity index (χ2v) is 5.78. The number of nitrogens with zero attached hydrogens (tertiary/aromatic N) is 1. The lowest BCUT2D eigenvalue weighted by molar-refractivity contribution is 0.122. The number of hydrogen-bond acceptors (Lipinski definition) is 3. The minimum atomic E-state index is 0.356. The minimum Gasteiger partial charge on any atom is -0.383 e. The fourth-order valence-electron chi connectivity index (χ4n) is 2.57. The Balaban J connectivity index is 2.83. The average Bonchev–Trinajstić information content (AvgIpc) is 2.40. The molecule has 0 aliphatic heterocycles. The van der Waals surface area contributed by atoms with Gasteiger partial charge in [-0.3, -0.25) is 4.90 Å². The van der Waals surface area contributed by atoms with Crippen LogP contribution >= 0.6 is 0 Å². The predicted molar refractivity (Wildman–Crippen MR) is 86.3 cm³/mol. The Kier molecular flexibility index (Phi) is 7.20. The van der Waals surface area contributed by atoms with Crippen LogP contribution < -0.4 is 5.32 Å². The molecule has 3 nitrogen and oxygen atoms in total. The van der Waals surface area contributed by atoms with Crippen molar-refractivity contribution < 1.29 is 4.74 Å². The van der Waals surface area contributed by atoms with Crippen LogP contribution in [0, 0.1) is 13.8 Å². The topological polar surface area (TPSA) is 24.5 Å². The van der Waals surface area contributed by atoms with Gasteiger partial charge in [0, 0.05) is 32.3 Å². The Hall–Kier alpha value is -0.900. The highest BCUT2D eigenvalue weighted by atomic mass is 16.5. The molecule has 0 aromatic heterocycles. The van der Waals surface area contributed by atoms with E-state index in [-0.39, 0.29) is 0 Å². The summed E-state index contributed by atoms with van der Waals surface area (Å²) in [6.07, 6.45) is 0. The number of hydrogen-bond donors (Lipinski definition) is 1. The average molecular weight is 278 g/mol. The molecule has 114 valence electrons. The highest BCUT2D eigenvalue weighted by Gasteiger charge is 2.18. The quantitative estimate of drug-likeness (QED) is 0.791. The molecule has 0 spiro atoms. The number of nitrogens with one attached hydrogen (secondary N) is 1. The van der Waals surface area contributed by atoms with Gasteiger partial charge in [-0.2, -0.15) is 0 Å². The summed E-state index contributed by atoms with van der Waals surface area (Å²) in [4.78, 5) is 2.46. The number of benzene rings is 1. The van der Waals surface area contributed by atoms with Gasteiger partial charge >= 0.3 is 0 Å². The third-order valence-electron chi connectivity index (χ3n) is 3.88. The first kappa shape index (κ1) is 17.2. The summed E-state index contributed by atoms with van der Waals surface area (Å²) in [5.41, 5.74) is 4.07. The van der Waals surface area contributed by atoms with E-state index < -0.39 is 0 Å². The largest absolute Gasteiger partial charge is 0.383 e. The Bertz CT molecular complexity index is 404. The van der Waals surface area contributed by atoms with Crippen LogP contribution in [0.3, 0.4) is 0 Å². The first-order valence-electron chi connectivity index (χ1n) is 7.47. The normalized spacial score (nSPS) is 13.2. The Morgan fingerprint density at radius 2 is 1.95 bits per heavy atom. The van der Waals surface area contributed by atoms with E-state index in [0.29, 0.717) is 12.1 Å². The molecule has 1 aromatic rings. The fourth-order valence-corrected chi connectivity index (χ4v) is 2.57. The first-order chi connectivity index (χ1) is 9.49. The van der Waals surface area contributed by atoms with E-state index in [4.69, 9.17) is 4.74 Å². The van der Waals surface area contributed by atoms with Crippen molar-refractivity contribution in [3.63, 3.8) is 0 Å². The molecule has 3 heteroatoms. The van der Waals surface area contributed by atoms with Gasteiger partial charge in [-0.25, -0.2) is 0 Å². The smallest absolute Gasteiger partial charge is 0.0589 e. The van der Waals surface area contributed by atoms with E-state index in [2.05, 4.69) is 56.1 Å². The van der Waals surface area contributed by atoms with E-state index in [0.717, 1.165) is 19.7 Å². The molecule has 1 aromatic carbocycles. The van der Waals surface area contributed by atoms with Gasteiger partial charge in [-0.15, -0.1) is 0 Å². The van der Waals surface area contributed by atoms with E-state index >= 15 is 0 Å². The van der Waals surface area contributed by atoms with E-state index in [1.165, 1.54) is 16.7 Å². The van der Waals surface area contributed by atoms with Crippen molar-refractivity contribution in [2.75, 3.05) is 33.9 Å². The van der Waals surface area contributed by atoms with Crippen molar-refractivity contribution in [3.05, 3.63) is 34.9 Å².